The molecule has 0 spiro atoms. The van der Waals surface area contributed by atoms with Gasteiger partial charge >= 0.3 is 5.97 Å². The van der Waals surface area contributed by atoms with Crippen molar-refractivity contribution in [3.63, 3.8) is 0 Å². The zero-order chi connectivity index (χ0) is 10.4. The molecular formula is C11H13ClO2. The highest BCUT2D eigenvalue weighted by molar-refractivity contribution is 6.19. The molecule has 0 heterocycles. The lowest BCUT2D eigenvalue weighted by Gasteiger charge is -2.10. The molecule has 2 nitrogen and oxygen atoms in total. The summed E-state index contributed by atoms with van der Waals surface area (Å²) < 4.78 is 4.65. The predicted molar refractivity (Wildman–Crippen MR) is 56.4 cm³/mol. The van der Waals surface area contributed by atoms with Crippen molar-refractivity contribution >= 4 is 17.6 Å². The van der Waals surface area contributed by atoms with Gasteiger partial charge in [-0.25, -0.2) is 0 Å². The third kappa shape index (κ3) is 3.04. The summed E-state index contributed by atoms with van der Waals surface area (Å²) in [6, 6.07) is 9.78. The summed E-state index contributed by atoms with van der Waals surface area (Å²) in [5.41, 5.74) is 1.10. The number of carbonyl (C=O) groups is 1. The molecule has 0 bridgehead atoms. The van der Waals surface area contributed by atoms with Gasteiger partial charge in [0.25, 0.3) is 0 Å². The molecule has 14 heavy (non-hydrogen) atoms. The van der Waals surface area contributed by atoms with Crippen LogP contribution in [0.1, 0.15) is 5.56 Å². The van der Waals surface area contributed by atoms with Gasteiger partial charge in [0, 0.05) is 5.88 Å². The number of alkyl halides is 1. The van der Waals surface area contributed by atoms with Crippen LogP contribution >= 0.6 is 11.6 Å². The van der Waals surface area contributed by atoms with Crippen molar-refractivity contribution in [2.45, 2.75) is 6.42 Å². The average molecular weight is 213 g/mol. The molecule has 1 atom stereocenters. The Hall–Kier alpha value is -1.02. The average Bonchev–Trinajstić information content (AvgIpc) is 2.26. The van der Waals surface area contributed by atoms with Crippen molar-refractivity contribution < 1.29 is 9.53 Å². The van der Waals surface area contributed by atoms with Crippen LogP contribution in [0.2, 0.25) is 0 Å². The minimum atomic E-state index is -0.246. The fraction of sp³-hybridized carbons (Fsp3) is 0.364. The Morgan fingerprint density at radius 2 is 2.07 bits per heavy atom. The standard InChI is InChI=1S/C11H13ClO2/c1-14-11(13)10(8-12)7-9-5-3-2-4-6-9/h2-6,10H,7-8H2,1H3/t10-/m0/s1. The number of ether oxygens (including phenoxy) is 1. The number of hydrogen-bond acceptors (Lipinski definition) is 2. The first-order valence-electron chi connectivity index (χ1n) is 4.45. The van der Waals surface area contributed by atoms with E-state index < -0.39 is 0 Å². The van der Waals surface area contributed by atoms with E-state index in [-0.39, 0.29) is 11.9 Å². The lowest BCUT2D eigenvalue weighted by molar-refractivity contribution is -0.144. The first-order chi connectivity index (χ1) is 6.77. The van der Waals surface area contributed by atoms with Gasteiger partial charge in [0.05, 0.1) is 13.0 Å². The highest BCUT2D eigenvalue weighted by Crippen LogP contribution is 2.11. The Morgan fingerprint density at radius 1 is 1.43 bits per heavy atom. The molecule has 0 aliphatic rings. The quantitative estimate of drug-likeness (QED) is 0.565. The summed E-state index contributed by atoms with van der Waals surface area (Å²) in [4.78, 5) is 11.2. The van der Waals surface area contributed by atoms with Crippen molar-refractivity contribution in [2.24, 2.45) is 5.92 Å². The zero-order valence-electron chi connectivity index (χ0n) is 8.07. The van der Waals surface area contributed by atoms with Gasteiger partial charge in [0.2, 0.25) is 0 Å². The van der Waals surface area contributed by atoms with Crippen LogP contribution < -0.4 is 0 Å². The molecule has 0 aliphatic heterocycles. The van der Waals surface area contributed by atoms with E-state index in [4.69, 9.17) is 11.6 Å². The Labute approximate surface area is 88.8 Å². The van der Waals surface area contributed by atoms with Gasteiger partial charge in [0.1, 0.15) is 0 Å². The Kier molecular flexibility index (Phi) is 4.47. The number of hydrogen-bond donors (Lipinski definition) is 0. The lowest BCUT2D eigenvalue weighted by Crippen LogP contribution is -2.20. The number of benzene rings is 1. The molecule has 0 amide bonds. The van der Waals surface area contributed by atoms with E-state index in [0.29, 0.717) is 12.3 Å². The van der Waals surface area contributed by atoms with Crippen molar-refractivity contribution in [1.29, 1.82) is 0 Å². The smallest absolute Gasteiger partial charge is 0.310 e. The third-order valence-corrected chi connectivity index (χ3v) is 2.42. The van der Waals surface area contributed by atoms with Gasteiger partial charge in [-0.3, -0.25) is 4.79 Å². The number of rotatable bonds is 4. The van der Waals surface area contributed by atoms with E-state index in [1.165, 1.54) is 7.11 Å². The second kappa shape index (κ2) is 5.66. The molecule has 0 aliphatic carbocycles. The molecule has 3 heteroatoms. The minimum Gasteiger partial charge on any atom is -0.469 e. The minimum absolute atomic E-state index is 0.246. The molecule has 76 valence electrons. The van der Waals surface area contributed by atoms with Crippen molar-refractivity contribution in [3.05, 3.63) is 35.9 Å². The van der Waals surface area contributed by atoms with Gasteiger partial charge in [-0.05, 0) is 12.0 Å². The molecule has 1 rings (SSSR count). The Bertz CT molecular complexity index is 285. The molecule has 0 unspecified atom stereocenters. The van der Waals surface area contributed by atoms with Gasteiger partial charge in [-0.2, -0.15) is 0 Å². The lowest BCUT2D eigenvalue weighted by atomic mass is 10.0. The Balaban J connectivity index is 2.62. The van der Waals surface area contributed by atoms with Crippen LogP contribution in [0.5, 0.6) is 0 Å². The van der Waals surface area contributed by atoms with Crippen molar-refractivity contribution in [2.75, 3.05) is 13.0 Å². The van der Waals surface area contributed by atoms with Crippen LogP contribution in [0.15, 0.2) is 30.3 Å². The molecule has 1 aromatic rings. The van der Waals surface area contributed by atoms with E-state index >= 15 is 0 Å². The first-order valence-corrected chi connectivity index (χ1v) is 4.99. The molecule has 0 fully saturated rings. The molecule has 0 saturated carbocycles. The highest BCUT2D eigenvalue weighted by Gasteiger charge is 2.17. The van der Waals surface area contributed by atoms with Crippen LogP contribution in [0.4, 0.5) is 0 Å². The maximum absolute atomic E-state index is 11.2. The summed E-state index contributed by atoms with van der Waals surface area (Å²) in [5, 5.41) is 0. The molecule has 1 aromatic carbocycles. The van der Waals surface area contributed by atoms with E-state index in [0.717, 1.165) is 5.56 Å². The van der Waals surface area contributed by atoms with Gasteiger partial charge in [0.15, 0.2) is 0 Å². The van der Waals surface area contributed by atoms with Gasteiger partial charge in [-0.15, -0.1) is 11.6 Å². The molecule has 0 saturated heterocycles. The number of carbonyl (C=O) groups excluding carboxylic acids is 1. The summed E-state index contributed by atoms with van der Waals surface area (Å²) >= 11 is 5.69. The summed E-state index contributed by atoms with van der Waals surface area (Å²) in [6.07, 6.45) is 0.636. The zero-order valence-corrected chi connectivity index (χ0v) is 8.83. The van der Waals surface area contributed by atoms with Crippen molar-refractivity contribution in [1.82, 2.24) is 0 Å². The number of halogens is 1. The SMILES string of the molecule is COC(=O)[C@H](CCl)Cc1ccccc1. The third-order valence-electron chi connectivity index (χ3n) is 2.05. The summed E-state index contributed by atoms with van der Waals surface area (Å²) in [7, 11) is 1.38. The van der Waals surface area contributed by atoms with E-state index in [1.807, 2.05) is 30.3 Å². The topological polar surface area (TPSA) is 26.3 Å². The fourth-order valence-corrected chi connectivity index (χ4v) is 1.50. The summed E-state index contributed by atoms with van der Waals surface area (Å²) in [5.74, 6) is -0.199. The largest absolute Gasteiger partial charge is 0.469 e. The van der Waals surface area contributed by atoms with Crippen LogP contribution in [-0.4, -0.2) is 19.0 Å². The van der Waals surface area contributed by atoms with Crippen LogP contribution in [0.25, 0.3) is 0 Å². The molecule has 0 aromatic heterocycles. The van der Waals surface area contributed by atoms with Gasteiger partial charge < -0.3 is 4.74 Å². The van der Waals surface area contributed by atoms with Crippen molar-refractivity contribution in [3.8, 4) is 0 Å². The molecule has 0 radical (unpaired) electrons. The Morgan fingerprint density at radius 3 is 2.57 bits per heavy atom. The van der Waals surface area contributed by atoms with Crippen LogP contribution in [0.3, 0.4) is 0 Å². The maximum atomic E-state index is 11.2. The maximum Gasteiger partial charge on any atom is 0.310 e. The second-order valence-electron chi connectivity index (χ2n) is 3.06. The van der Waals surface area contributed by atoms with E-state index in [1.54, 1.807) is 0 Å². The molecular weight excluding hydrogens is 200 g/mol. The first kappa shape index (κ1) is 11.1. The van der Waals surface area contributed by atoms with Crippen LogP contribution in [0, 0.1) is 5.92 Å². The summed E-state index contributed by atoms with van der Waals surface area (Å²) in [6.45, 7) is 0. The normalized spacial score (nSPS) is 12.1. The van der Waals surface area contributed by atoms with Crippen LogP contribution in [-0.2, 0) is 16.0 Å². The predicted octanol–water partition coefficient (Wildman–Crippen LogP) is 2.26. The van der Waals surface area contributed by atoms with E-state index in [2.05, 4.69) is 4.74 Å². The van der Waals surface area contributed by atoms with Gasteiger partial charge in [-0.1, -0.05) is 30.3 Å². The highest BCUT2D eigenvalue weighted by atomic mass is 35.5. The number of esters is 1. The second-order valence-corrected chi connectivity index (χ2v) is 3.37. The fourth-order valence-electron chi connectivity index (χ4n) is 1.27. The van der Waals surface area contributed by atoms with E-state index in [9.17, 15) is 4.79 Å². The molecule has 0 N–H and O–H groups in total. The number of methoxy groups -OCH3 is 1. The monoisotopic (exact) mass is 212 g/mol.